The van der Waals surface area contributed by atoms with Crippen LogP contribution in [0.15, 0.2) is 34.9 Å². The third kappa shape index (κ3) is 3.00. The maximum atomic E-state index is 5.39. The van der Waals surface area contributed by atoms with Crippen LogP contribution in [-0.4, -0.2) is 43.3 Å². The van der Waals surface area contributed by atoms with E-state index in [1.165, 1.54) is 0 Å². The van der Waals surface area contributed by atoms with E-state index in [0.29, 0.717) is 24.2 Å². The van der Waals surface area contributed by atoms with Crippen molar-refractivity contribution >= 4 is 0 Å². The van der Waals surface area contributed by atoms with Crippen molar-refractivity contribution in [2.45, 2.75) is 25.8 Å². The van der Waals surface area contributed by atoms with E-state index in [2.05, 4.69) is 30.2 Å². The SMILES string of the molecule is Cc1nc(C2CCN(Cc3nc(-c4ccccc4)no3)C2)n[nH]1. The number of aryl methyl sites for hydroxylation is 1. The minimum atomic E-state index is 0.372. The van der Waals surface area contributed by atoms with Crippen LogP contribution in [0, 0.1) is 6.92 Å². The fourth-order valence-corrected chi connectivity index (χ4v) is 2.94. The summed E-state index contributed by atoms with van der Waals surface area (Å²) in [6.45, 7) is 4.49. The Kier molecular flexibility index (Phi) is 3.63. The summed E-state index contributed by atoms with van der Waals surface area (Å²) >= 11 is 0. The first-order valence-electron chi connectivity index (χ1n) is 7.77. The summed E-state index contributed by atoms with van der Waals surface area (Å²) in [6, 6.07) is 9.86. The summed E-state index contributed by atoms with van der Waals surface area (Å²) in [5.74, 6) is 3.43. The van der Waals surface area contributed by atoms with Crippen molar-refractivity contribution in [1.82, 2.24) is 30.2 Å². The molecule has 0 bridgehead atoms. The van der Waals surface area contributed by atoms with Gasteiger partial charge >= 0.3 is 0 Å². The molecule has 1 atom stereocenters. The molecule has 1 aromatic carbocycles. The quantitative estimate of drug-likeness (QED) is 0.795. The summed E-state index contributed by atoms with van der Waals surface area (Å²) in [5, 5.41) is 11.2. The number of hydrogen-bond acceptors (Lipinski definition) is 6. The van der Waals surface area contributed by atoms with Gasteiger partial charge in [-0.25, -0.2) is 4.98 Å². The Balaban J connectivity index is 1.41. The number of nitrogens with zero attached hydrogens (tertiary/aromatic N) is 5. The molecule has 0 radical (unpaired) electrons. The molecule has 0 saturated carbocycles. The molecule has 4 rings (SSSR count). The summed E-state index contributed by atoms with van der Waals surface area (Å²) in [6.07, 6.45) is 1.05. The Morgan fingerprint density at radius 3 is 2.91 bits per heavy atom. The average molecular weight is 310 g/mol. The number of hydrogen-bond donors (Lipinski definition) is 1. The zero-order chi connectivity index (χ0) is 15.6. The van der Waals surface area contributed by atoms with Crippen molar-refractivity contribution in [3.8, 4) is 11.4 Å². The standard InChI is InChI=1S/C16H18N6O/c1-11-17-15(20-19-11)13-7-8-22(9-13)10-14-18-16(21-23-14)12-5-3-2-4-6-12/h2-6,13H,7-10H2,1H3,(H,17,19,20). The zero-order valence-electron chi connectivity index (χ0n) is 12.9. The van der Waals surface area contributed by atoms with Crippen LogP contribution in [0.2, 0.25) is 0 Å². The monoisotopic (exact) mass is 310 g/mol. The topological polar surface area (TPSA) is 83.7 Å². The smallest absolute Gasteiger partial charge is 0.241 e. The molecule has 3 aromatic rings. The zero-order valence-corrected chi connectivity index (χ0v) is 12.9. The highest BCUT2D eigenvalue weighted by Gasteiger charge is 2.27. The Hall–Kier alpha value is -2.54. The van der Waals surface area contributed by atoms with E-state index in [9.17, 15) is 0 Å². The average Bonchev–Trinajstić information content (AvgIpc) is 3.29. The molecular formula is C16H18N6O. The van der Waals surface area contributed by atoms with Gasteiger partial charge in [-0.2, -0.15) is 10.1 Å². The molecule has 2 aromatic heterocycles. The third-order valence-electron chi connectivity index (χ3n) is 4.11. The number of likely N-dealkylation sites (tertiary alicyclic amines) is 1. The molecule has 7 heteroatoms. The van der Waals surface area contributed by atoms with Gasteiger partial charge in [0, 0.05) is 18.0 Å². The van der Waals surface area contributed by atoms with Crippen molar-refractivity contribution in [1.29, 1.82) is 0 Å². The number of rotatable bonds is 4. The van der Waals surface area contributed by atoms with E-state index in [4.69, 9.17) is 4.52 Å². The lowest BCUT2D eigenvalue weighted by Gasteiger charge is -2.11. The van der Waals surface area contributed by atoms with Crippen LogP contribution in [0.5, 0.6) is 0 Å². The van der Waals surface area contributed by atoms with Gasteiger partial charge < -0.3 is 4.52 Å². The summed E-state index contributed by atoms with van der Waals surface area (Å²) in [5.41, 5.74) is 0.970. The van der Waals surface area contributed by atoms with Gasteiger partial charge in [-0.15, -0.1) is 0 Å². The van der Waals surface area contributed by atoms with E-state index in [1.54, 1.807) is 0 Å². The summed E-state index contributed by atoms with van der Waals surface area (Å²) < 4.78 is 5.39. The molecule has 1 aliphatic rings. The molecule has 0 aliphatic carbocycles. The summed E-state index contributed by atoms with van der Waals surface area (Å²) in [7, 11) is 0. The van der Waals surface area contributed by atoms with Crippen LogP contribution < -0.4 is 0 Å². The second kappa shape index (κ2) is 5.92. The second-order valence-electron chi connectivity index (χ2n) is 5.88. The number of aromatic nitrogens is 5. The van der Waals surface area contributed by atoms with Gasteiger partial charge in [0.05, 0.1) is 6.54 Å². The van der Waals surface area contributed by atoms with E-state index < -0.39 is 0 Å². The number of aromatic amines is 1. The largest absolute Gasteiger partial charge is 0.338 e. The highest BCUT2D eigenvalue weighted by atomic mass is 16.5. The lowest BCUT2D eigenvalue weighted by Crippen LogP contribution is -2.20. The van der Waals surface area contributed by atoms with Crippen molar-refractivity contribution in [2.75, 3.05) is 13.1 Å². The van der Waals surface area contributed by atoms with Gasteiger partial charge in [0.25, 0.3) is 0 Å². The fraction of sp³-hybridized carbons (Fsp3) is 0.375. The summed E-state index contributed by atoms with van der Waals surface area (Å²) in [4.78, 5) is 11.2. The van der Waals surface area contributed by atoms with Crippen LogP contribution in [0.3, 0.4) is 0 Å². The van der Waals surface area contributed by atoms with Gasteiger partial charge in [0.2, 0.25) is 11.7 Å². The maximum Gasteiger partial charge on any atom is 0.241 e. The third-order valence-corrected chi connectivity index (χ3v) is 4.11. The van der Waals surface area contributed by atoms with Crippen LogP contribution in [0.25, 0.3) is 11.4 Å². The van der Waals surface area contributed by atoms with Gasteiger partial charge in [0.15, 0.2) is 5.82 Å². The van der Waals surface area contributed by atoms with E-state index >= 15 is 0 Å². The Labute approximate surface area is 133 Å². The first-order chi connectivity index (χ1) is 11.3. The van der Waals surface area contributed by atoms with Crippen molar-refractivity contribution in [3.05, 3.63) is 47.9 Å². The highest BCUT2D eigenvalue weighted by molar-refractivity contribution is 5.53. The Bertz CT molecular complexity index is 781. The molecular weight excluding hydrogens is 292 g/mol. The van der Waals surface area contributed by atoms with Crippen LogP contribution in [-0.2, 0) is 6.54 Å². The molecule has 7 nitrogen and oxygen atoms in total. The molecule has 0 spiro atoms. The first-order valence-corrected chi connectivity index (χ1v) is 7.77. The minimum Gasteiger partial charge on any atom is -0.338 e. The van der Waals surface area contributed by atoms with Crippen molar-refractivity contribution < 1.29 is 4.52 Å². The lowest BCUT2D eigenvalue weighted by molar-refractivity contribution is 0.265. The number of nitrogens with one attached hydrogen (secondary N) is 1. The molecule has 23 heavy (non-hydrogen) atoms. The van der Waals surface area contributed by atoms with Gasteiger partial charge in [-0.1, -0.05) is 35.5 Å². The molecule has 1 aliphatic heterocycles. The molecule has 1 fully saturated rings. The molecule has 1 saturated heterocycles. The fourth-order valence-electron chi connectivity index (χ4n) is 2.94. The van der Waals surface area contributed by atoms with Gasteiger partial charge in [-0.3, -0.25) is 10.00 Å². The van der Waals surface area contributed by atoms with E-state index in [-0.39, 0.29) is 0 Å². The normalized spacial score (nSPS) is 18.6. The van der Waals surface area contributed by atoms with Crippen molar-refractivity contribution in [3.63, 3.8) is 0 Å². The predicted octanol–water partition coefficient (Wildman–Crippen LogP) is 2.15. The highest BCUT2D eigenvalue weighted by Crippen LogP contribution is 2.26. The lowest BCUT2D eigenvalue weighted by atomic mass is 10.1. The molecule has 1 unspecified atom stereocenters. The van der Waals surface area contributed by atoms with Crippen molar-refractivity contribution in [2.24, 2.45) is 0 Å². The Morgan fingerprint density at radius 1 is 1.26 bits per heavy atom. The predicted molar refractivity (Wildman–Crippen MR) is 83.5 cm³/mol. The second-order valence-corrected chi connectivity index (χ2v) is 5.88. The van der Waals surface area contributed by atoms with E-state index in [0.717, 1.165) is 36.7 Å². The number of H-pyrrole nitrogens is 1. The Morgan fingerprint density at radius 2 is 2.13 bits per heavy atom. The minimum absolute atomic E-state index is 0.372. The molecule has 0 amide bonds. The van der Waals surface area contributed by atoms with Crippen LogP contribution in [0.1, 0.15) is 29.9 Å². The molecule has 118 valence electrons. The van der Waals surface area contributed by atoms with E-state index in [1.807, 2.05) is 37.3 Å². The van der Waals surface area contributed by atoms with Crippen LogP contribution >= 0.6 is 0 Å². The first kappa shape index (κ1) is 14.1. The molecule has 3 heterocycles. The maximum absolute atomic E-state index is 5.39. The van der Waals surface area contributed by atoms with Gasteiger partial charge in [0.1, 0.15) is 5.82 Å². The van der Waals surface area contributed by atoms with Gasteiger partial charge in [-0.05, 0) is 19.9 Å². The number of benzene rings is 1. The molecule has 1 N–H and O–H groups in total. The van der Waals surface area contributed by atoms with Crippen LogP contribution in [0.4, 0.5) is 0 Å².